The van der Waals surface area contributed by atoms with Crippen LogP contribution in [0.2, 0.25) is 0 Å². The molecule has 0 bridgehead atoms. The van der Waals surface area contributed by atoms with E-state index >= 15 is 0 Å². The largest absolute Gasteiger partial charge is 0.429 e. The van der Waals surface area contributed by atoms with Crippen LogP contribution in [0.3, 0.4) is 0 Å². The Balaban J connectivity index is 2.23. The summed E-state index contributed by atoms with van der Waals surface area (Å²) >= 11 is 0. The number of fused-ring (bicyclic) bond motifs is 1. The average molecular weight is 241 g/mol. The predicted octanol–water partition coefficient (Wildman–Crippen LogP) is 2.80. The third-order valence-corrected chi connectivity index (χ3v) is 2.50. The van der Waals surface area contributed by atoms with Gasteiger partial charge in [-0.15, -0.1) is 0 Å². The van der Waals surface area contributed by atoms with Crippen LogP contribution in [0.1, 0.15) is 0 Å². The minimum atomic E-state index is -0.486. The maximum Gasteiger partial charge on any atom is 0.313 e. The number of hydrogen-bond donors (Lipinski definition) is 0. The maximum atomic E-state index is 10.9. The van der Waals surface area contributed by atoms with Crippen LogP contribution >= 0.6 is 0 Å². The van der Waals surface area contributed by atoms with E-state index in [1.54, 1.807) is 36.7 Å². The summed E-state index contributed by atoms with van der Waals surface area (Å²) < 4.78 is 5.45. The van der Waals surface area contributed by atoms with Gasteiger partial charge >= 0.3 is 5.69 Å². The molecule has 0 unspecified atom stereocenters. The van der Waals surface area contributed by atoms with Gasteiger partial charge in [0.15, 0.2) is 0 Å². The van der Waals surface area contributed by atoms with Gasteiger partial charge in [0.05, 0.1) is 10.5 Å². The van der Waals surface area contributed by atoms with E-state index in [-0.39, 0.29) is 11.3 Å². The van der Waals surface area contributed by atoms with Gasteiger partial charge in [0.2, 0.25) is 11.5 Å². The highest BCUT2D eigenvalue weighted by atomic mass is 16.6. The maximum absolute atomic E-state index is 10.9. The van der Waals surface area contributed by atoms with Crippen molar-refractivity contribution in [2.75, 3.05) is 0 Å². The predicted molar refractivity (Wildman–Crippen MR) is 63.9 cm³/mol. The molecule has 6 heteroatoms. The molecule has 0 aliphatic carbocycles. The van der Waals surface area contributed by atoms with Crippen LogP contribution in [0.25, 0.3) is 22.6 Å². The number of rotatable bonds is 2. The Morgan fingerprint density at radius 1 is 1.22 bits per heavy atom. The average Bonchev–Trinajstić information content (AvgIpc) is 2.83. The van der Waals surface area contributed by atoms with Crippen molar-refractivity contribution >= 4 is 16.8 Å². The Morgan fingerprint density at radius 3 is 2.83 bits per heavy atom. The van der Waals surface area contributed by atoms with Crippen LogP contribution in [-0.2, 0) is 0 Å². The zero-order valence-electron chi connectivity index (χ0n) is 9.11. The zero-order chi connectivity index (χ0) is 12.5. The molecule has 1 aromatic carbocycles. The minimum absolute atomic E-state index is 0.0878. The molecule has 0 saturated carbocycles. The van der Waals surface area contributed by atoms with Crippen molar-refractivity contribution in [3.8, 4) is 11.5 Å². The van der Waals surface area contributed by atoms with Gasteiger partial charge in [-0.3, -0.25) is 15.1 Å². The number of nitrogens with zero attached hydrogens (tertiary/aromatic N) is 3. The lowest BCUT2D eigenvalue weighted by atomic mass is 10.3. The van der Waals surface area contributed by atoms with Crippen LogP contribution in [0, 0.1) is 10.1 Å². The molecule has 0 saturated heterocycles. The molecule has 0 amide bonds. The van der Waals surface area contributed by atoms with Crippen LogP contribution in [-0.4, -0.2) is 14.9 Å². The van der Waals surface area contributed by atoms with Crippen LogP contribution < -0.4 is 0 Å². The summed E-state index contributed by atoms with van der Waals surface area (Å²) in [6.45, 7) is 0. The van der Waals surface area contributed by atoms with E-state index in [0.717, 1.165) is 0 Å². The van der Waals surface area contributed by atoms with E-state index in [2.05, 4.69) is 9.97 Å². The van der Waals surface area contributed by atoms with Crippen molar-refractivity contribution in [2.45, 2.75) is 0 Å². The Labute approximate surface area is 101 Å². The molecular weight excluding hydrogens is 234 g/mol. The molecule has 2 aromatic heterocycles. The third kappa shape index (κ3) is 1.60. The standard InChI is InChI=1S/C12H7N3O3/c16-15(17)10-5-1-4-9-11(10)18-12(14-9)8-3-2-6-13-7-8/h1-7H. The topological polar surface area (TPSA) is 82.1 Å². The fraction of sp³-hybridized carbons (Fsp3) is 0. The third-order valence-electron chi connectivity index (χ3n) is 2.50. The van der Waals surface area contributed by atoms with Crippen LogP contribution in [0.5, 0.6) is 0 Å². The highest BCUT2D eigenvalue weighted by Gasteiger charge is 2.18. The lowest BCUT2D eigenvalue weighted by Gasteiger charge is -1.91. The summed E-state index contributed by atoms with van der Waals surface area (Å²) in [7, 11) is 0. The van der Waals surface area contributed by atoms with E-state index in [1.807, 2.05) is 0 Å². The Morgan fingerprint density at radius 2 is 2.11 bits per heavy atom. The Hall–Kier alpha value is -2.76. The number of hydrogen-bond acceptors (Lipinski definition) is 5. The van der Waals surface area contributed by atoms with Crippen LogP contribution in [0.4, 0.5) is 5.69 Å². The SMILES string of the molecule is O=[N+]([O-])c1cccc2nc(-c3cccnc3)oc12. The van der Waals surface area contributed by atoms with Crippen molar-refractivity contribution in [3.63, 3.8) is 0 Å². The fourth-order valence-electron chi connectivity index (χ4n) is 1.69. The first-order valence-corrected chi connectivity index (χ1v) is 5.20. The smallest absolute Gasteiger partial charge is 0.313 e. The Bertz CT molecular complexity index is 722. The summed E-state index contributed by atoms with van der Waals surface area (Å²) in [4.78, 5) is 18.6. The molecule has 0 radical (unpaired) electrons. The monoisotopic (exact) mass is 241 g/mol. The second kappa shape index (κ2) is 3.92. The zero-order valence-corrected chi connectivity index (χ0v) is 9.11. The summed E-state index contributed by atoms with van der Waals surface area (Å²) in [5, 5.41) is 10.9. The molecule has 0 aliphatic heterocycles. The molecule has 0 spiro atoms. The number of oxazole rings is 1. The molecule has 2 heterocycles. The summed E-state index contributed by atoms with van der Waals surface area (Å²) in [6.07, 6.45) is 3.23. The van der Waals surface area contributed by atoms with E-state index < -0.39 is 4.92 Å². The van der Waals surface area contributed by atoms with Gasteiger partial charge in [0, 0.05) is 18.5 Å². The van der Waals surface area contributed by atoms with Gasteiger partial charge in [-0.25, -0.2) is 4.98 Å². The van der Waals surface area contributed by atoms with Gasteiger partial charge < -0.3 is 4.42 Å². The second-order valence-corrected chi connectivity index (χ2v) is 3.64. The normalized spacial score (nSPS) is 10.7. The van der Waals surface area contributed by atoms with E-state index in [1.165, 1.54) is 6.07 Å². The molecule has 18 heavy (non-hydrogen) atoms. The van der Waals surface area contributed by atoms with Gasteiger partial charge in [-0.05, 0) is 18.2 Å². The molecule has 0 atom stereocenters. The number of benzene rings is 1. The molecule has 3 aromatic rings. The molecule has 3 rings (SSSR count). The number of nitro groups is 1. The van der Waals surface area contributed by atoms with E-state index in [9.17, 15) is 10.1 Å². The number of non-ortho nitro benzene ring substituents is 1. The van der Waals surface area contributed by atoms with E-state index in [0.29, 0.717) is 17.0 Å². The number of nitro benzene ring substituents is 1. The molecule has 0 fully saturated rings. The minimum Gasteiger partial charge on any atom is -0.429 e. The molecule has 0 aliphatic rings. The van der Waals surface area contributed by atoms with Crippen molar-refractivity contribution < 1.29 is 9.34 Å². The molecule has 6 nitrogen and oxygen atoms in total. The highest BCUT2D eigenvalue weighted by molar-refractivity contribution is 5.84. The quantitative estimate of drug-likeness (QED) is 0.509. The molecule has 88 valence electrons. The lowest BCUT2D eigenvalue weighted by Crippen LogP contribution is -1.87. The number of pyridine rings is 1. The van der Waals surface area contributed by atoms with Crippen molar-refractivity contribution in [2.24, 2.45) is 0 Å². The molecule has 0 N–H and O–H groups in total. The Kier molecular flexibility index (Phi) is 2.26. The van der Waals surface area contributed by atoms with Gasteiger partial charge in [-0.1, -0.05) is 6.07 Å². The van der Waals surface area contributed by atoms with Crippen molar-refractivity contribution in [1.29, 1.82) is 0 Å². The summed E-state index contributed by atoms with van der Waals surface area (Å²) in [5.41, 5.74) is 1.24. The van der Waals surface area contributed by atoms with Gasteiger partial charge in [-0.2, -0.15) is 0 Å². The first kappa shape index (κ1) is 10.4. The first-order chi connectivity index (χ1) is 8.75. The lowest BCUT2D eigenvalue weighted by molar-refractivity contribution is -0.383. The number of aromatic nitrogens is 2. The first-order valence-electron chi connectivity index (χ1n) is 5.20. The van der Waals surface area contributed by atoms with Crippen molar-refractivity contribution in [1.82, 2.24) is 9.97 Å². The van der Waals surface area contributed by atoms with E-state index in [4.69, 9.17) is 4.42 Å². The summed E-state index contributed by atoms with van der Waals surface area (Å²) in [6, 6.07) is 8.17. The van der Waals surface area contributed by atoms with Gasteiger partial charge in [0.25, 0.3) is 0 Å². The van der Waals surface area contributed by atoms with Crippen molar-refractivity contribution in [3.05, 3.63) is 52.8 Å². The summed E-state index contributed by atoms with van der Waals surface area (Å²) in [5.74, 6) is 0.326. The van der Waals surface area contributed by atoms with Gasteiger partial charge in [0.1, 0.15) is 5.52 Å². The van der Waals surface area contributed by atoms with Crippen LogP contribution in [0.15, 0.2) is 47.1 Å². The highest BCUT2D eigenvalue weighted by Crippen LogP contribution is 2.29. The fourth-order valence-corrected chi connectivity index (χ4v) is 1.69. The number of para-hydroxylation sites is 1. The molecular formula is C12H7N3O3. The second-order valence-electron chi connectivity index (χ2n) is 3.64.